The van der Waals surface area contributed by atoms with E-state index in [0.29, 0.717) is 5.39 Å². The van der Waals surface area contributed by atoms with Crippen LogP contribution >= 0.6 is 11.8 Å². The molecular formula is C15H20N2OS. The van der Waals surface area contributed by atoms with Gasteiger partial charge in [-0.2, -0.15) is 0 Å². The Bertz CT molecular complexity index is 580. The number of aromatic amines is 1. The van der Waals surface area contributed by atoms with Crippen LogP contribution in [0.5, 0.6) is 0 Å². The lowest BCUT2D eigenvalue weighted by Crippen LogP contribution is -2.09. The van der Waals surface area contributed by atoms with E-state index in [2.05, 4.69) is 16.9 Å². The summed E-state index contributed by atoms with van der Waals surface area (Å²) in [6, 6.07) is 7.46. The quantitative estimate of drug-likeness (QED) is 0.472. The first-order valence-corrected chi connectivity index (χ1v) is 7.91. The van der Waals surface area contributed by atoms with E-state index in [9.17, 15) is 4.79 Å². The Morgan fingerprint density at radius 2 is 1.95 bits per heavy atom. The van der Waals surface area contributed by atoms with Gasteiger partial charge in [0.05, 0.1) is 10.9 Å². The Balaban J connectivity index is 1.92. The molecule has 0 unspecified atom stereocenters. The highest BCUT2D eigenvalue weighted by Crippen LogP contribution is 2.17. The van der Waals surface area contributed by atoms with E-state index in [-0.39, 0.29) is 5.56 Å². The van der Waals surface area contributed by atoms with Crippen LogP contribution in [0.4, 0.5) is 0 Å². The molecule has 1 N–H and O–H groups in total. The summed E-state index contributed by atoms with van der Waals surface area (Å²) in [5.74, 6) is 1.02. The van der Waals surface area contributed by atoms with Crippen molar-refractivity contribution in [2.75, 3.05) is 5.75 Å². The standard InChI is InChI=1S/C15H20N2OS/c1-2-3-4-5-8-11-19-15-16-13-10-7-6-9-12(13)14(18)17-15/h6-7,9-10H,2-5,8,11H2,1H3,(H,16,17,18). The van der Waals surface area contributed by atoms with Crippen LogP contribution in [0.1, 0.15) is 39.0 Å². The van der Waals surface area contributed by atoms with Crippen molar-refractivity contribution in [3.05, 3.63) is 34.6 Å². The number of benzene rings is 1. The monoisotopic (exact) mass is 276 g/mol. The molecule has 1 aromatic heterocycles. The van der Waals surface area contributed by atoms with E-state index in [1.165, 1.54) is 32.1 Å². The average Bonchev–Trinajstić information content (AvgIpc) is 2.43. The summed E-state index contributed by atoms with van der Waals surface area (Å²) in [5, 5.41) is 1.40. The Labute approximate surface area is 117 Å². The first-order valence-electron chi connectivity index (χ1n) is 6.93. The zero-order chi connectivity index (χ0) is 13.5. The Morgan fingerprint density at radius 1 is 1.16 bits per heavy atom. The molecule has 2 rings (SSSR count). The number of para-hydroxylation sites is 1. The third-order valence-corrected chi connectivity index (χ3v) is 4.04. The second-order valence-corrected chi connectivity index (χ2v) is 5.73. The highest BCUT2D eigenvalue weighted by atomic mass is 32.2. The van der Waals surface area contributed by atoms with Crippen molar-refractivity contribution < 1.29 is 0 Å². The first-order chi connectivity index (χ1) is 9.31. The van der Waals surface area contributed by atoms with E-state index in [1.54, 1.807) is 17.8 Å². The lowest BCUT2D eigenvalue weighted by molar-refractivity contribution is 0.659. The summed E-state index contributed by atoms with van der Waals surface area (Å²) in [6.07, 6.45) is 6.33. The van der Waals surface area contributed by atoms with E-state index in [0.717, 1.165) is 16.4 Å². The fraction of sp³-hybridized carbons (Fsp3) is 0.467. The molecule has 1 heterocycles. The van der Waals surface area contributed by atoms with Crippen LogP contribution in [-0.2, 0) is 0 Å². The highest BCUT2D eigenvalue weighted by Gasteiger charge is 2.03. The topological polar surface area (TPSA) is 45.8 Å². The van der Waals surface area contributed by atoms with Crippen molar-refractivity contribution >= 4 is 22.7 Å². The van der Waals surface area contributed by atoms with Crippen LogP contribution in [0.25, 0.3) is 10.9 Å². The molecule has 4 heteroatoms. The van der Waals surface area contributed by atoms with E-state index in [1.807, 2.05) is 18.2 Å². The summed E-state index contributed by atoms with van der Waals surface area (Å²) >= 11 is 1.64. The summed E-state index contributed by atoms with van der Waals surface area (Å²) in [5.41, 5.74) is 0.735. The van der Waals surface area contributed by atoms with Gasteiger partial charge in [0.2, 0.25) is 0 Å². The zero-order valence-corrected chi connectivity index (χ0v) is 12.1. The number of nitrogens with zero attached hydrogens (tertiary/aromatic N) is 1. The maximum atomic E-state index is 11.9. The highest BCUT2D eigenvalue weighted by molar-refractivity contribution is 7.99. The molecule has 0 fully saturated rings. The minimum Gasteiger partial charge on any atom is -0.301 e. The number of H-pyrrole nitrogens is 1. The minimum atomic E-state index is -0.0425. The van der Waals surface area contributed by atoms with Gasteiger partial charge in [-0.15, -0.1) is 0 Å². The number of aromatic nitrogens is 2. The Hall–Kier alpha value is -1.29. The number of nitrogens with one attached hydrogen (secondary N) is 1. The molecule has 0 saturated heterocycles. The molecule has 3 nitrogen and oxygen atoms in total. The maximum Gasteiger partial charge on any atom is 0.259 e. The molecule has 0 atom stereocenters. The number of fused-ring (bicyclic) bond motifs is 1. The molecule has 102 valence electrons. The van der Waals surface area contributed by atoms with Crippen LogP contribution < -0.4 is 5.56 Å². The van der Waals surface area contributed by atoms with Gasteiger partial charge >= 0.3 is 0 Å². The van der Waals surface area contributed by atoms with Crippen LogP contribution in [0.2, 0.25) is 0 Å². The summed E-state index contributed by atoms with van der Waals surface area (Å²) < 4.78 is 0. The van der Waals surface area contributed by atoms with E-state index >= 15 is 0 Å². The van der Waals surface area contributed by atoms with Gasteiger partial charge in [0.15, 0.2) is 5.16 Å². The van der Waals surface area contributed by atoms with Crippen molar-refractivity contribution in [2.45, 2.75) is 44.2 Å². The lowest BCUT2D eigenvalue weighted by atomic mass is 10.2. The Kier molecular flexibility index (Phi) is 5.45. The number of hydrogen-bond acceptors (Lipinski definition) is 3. The van der Waals surface area contributed by atoms with E-state index < -0.39 is 0 Å². The van der Waals surface area contributed by atoms with Gasteiger partial charge in [-0.3, -0.25) is 4.79 Å². The molecule has 0 amide bonds. The number of thioether (sulfide) groups is 1. The van der Waals surface area contributed by atoms with Crippen molar-refractivity contribution in [3.63, 3.8) is 0 Å². The third-order valence-electron chi connectivity index (χ3n) is 3.08. The van der Waals surface area contributed by atoms with Crippen LogP contribution in [0.3, 0.4) is 0 Å². The molecule has 1 aromatic carbocycles. The summed E-state index contributed by atoms with van der Waals surface area (Å²) in [6.45, 7) is 2.22. The van der Waals surface area contributed by atoms with Crippen molar-refractivity contribution in [1.82, 2.24) is 9.97 Å². The fourth-order valence-corrected chi connectivity index (χ4v) is 2.88. The van der Waals surface area contributed by atoms with Gasteiger partial charge in [0.1, 0.15) is 0 Å². The predicted octanol–water partition coefficient (Wildman–Crippen LogP) is 3.99. The molecule has 0 saturated carbocycles. The van der Waals surface area contributed by atoms with E-state index in [4.69, 9.17) is 0 Å². The smallest absolute Gasteiger partial charge is 0.259 e. The van der Waals surface area contributed by atoms with Gasteiger partial charge in [-0.05, 0) is 18.6 Å². The molecule has 0 radical (unpaired) electrons. The van der Waals surface area contributed by atoms with Crippen molar-refractivity contribution in [3.8, 4) is 0 Å². The van der Waals surface area contributed by atoms with Gasteiger partial charge in [-0.25, -0.2) is 4.98 Å². The second kappa shape index (κ2) is 7.34. The molecular weight excluding hydrogens is 256 g/mol. The molecule has 0 aliphatic heterocycles. The Morgan fingerprint density at radius 3 is 2.79 bits per heavy atom. The van der Waals surface area contributed by atoms with Crippen LogP contribution in [0.15, 0.2) is 34.2 Å². The number of rotatable bonds is 7. The molecule has 2 aromatic rings. The molecule has 0 spiro atoms. The molecule has 0 aliphatic carbocycles. The van der Waals surface area contributed by atoms with Gasteiger partial charge < -0.3 is 4.98 Å². The van der Waals surface area contributed by atoms with Crippen molar-refractivity contribution in [2.24, 2.45) is 0 Å². The summed E-state index contributed by atoms with van der Waals surface area (Å²) in [4.78, 5) is 19.2. The number of hydrogen-bond donors (Lipinski definition) is 1. The fourth-order valence-electron chi connectivity index (χ4n) is 2.01. The van der Waals surface area contributed by atoms with Gasteiger partial charge in [0, 0.05) is 5.75 Å². The molecule has 0 bridgehead atoms. The normalized spacial score (nSPS) is 11.0. The number of unbranched alkanes of at least 4 members (excludes halogenated alkanes) is 4. The third kappa shape index (κ3) is 4.10. The van der Waals surface area contributed by atoms with Gasteiger partial charge in [-0.1, -0.05) is 56.5 Å². The van der Waals surface area contributed by atoms with Crippen molar-refractivity contribution in [1.29, 1.82) is 0 Å². The second-order valence-electron chi connectivity index (χ2n) is 4.65. The maximum absolute atomic E-state index is 11.9. The zero-order valence-electron chi connectivity index (χ0n) is 11.3. The first kappa shape index (κ1) is 14.1. The molecule has 0 aliphatic rings. The van der Waals surface area contributed by atoms with Crippen LogP contribution in [-0.4, -0.2) is 15.7 Å². The SMILES string of the molecule is CCCCCCCSc1nc2ccccc2c(=O)[nH]1. The molecule has 19 heavy (non-hydrogen) atoms. The van der Waals surface area contributed by atoms with Gasteiger partial charge in [0.25, 0.3) is 5.56 Å². The average molecular weight is 276 g/mol. The lowest BCUT2D eigenvalue weighted by Gasteiger charge is -2.02. The predicted molar refractivity (Wildman–Crippen MR) is 81.8 cm³/mol. The minimum absolute atomic E-state index is 0.0425. The van der Waals surface area contributed by atoms with Crippen LogP contribution in [0, 0.1) is 0 Å². The summed E-state index contributed by atoms with van der Waals surface area (Å²) in [7, 11) is 0. The largest absolute Gasteiger partial charge is 0.301 e.